The van der Waals surface area contributed by atoms with Crippen molar-refractivity contribution in [2.24, 2.45) is 0 Å². The highest BCUT2D eigenvalue weighted by molar-refractivity contribution is 7.99. The summed E-state index contributed by atoms with van der Waals surface area (Å²) >= 11 is 1.96. The molecule has 2 atom stereocenters. The van der Waals surface area contributed by atoms with Crippen LogP contribution >= 0.6 is 11.8 Å². The third kappa shape index (κ3) is 2.48. The zero-order valence-electron chi connectivity index (χ0n) is 11.2. The average Bonchev–Trinajstić information content (AvgIpc) is 3.03. The first-order valence-electron chi connectivity index (χ1n) is 6.83. The van der Waals surface area contributed by atoms with Gasteiger partial charge in [0.1, 0.15) is 0 Å². The molecule has 2 rings (SSSR count). The molecule has 2 aliphatic rings. The molecule has 98 valence electrons. The van der Waals surface area contributed by atoms with E-state index in [9.17, 15) is 4.79 Å². The highest BCUT2D eigenvalue weighted by Crippen LogP contribution is 2.43. The Kier molecular flexibility index (Phi) is 4.03. The highest BCUT2D eigenvalue weighted by atomic mass is 32.2. The van der Waals surface area contributed by atoms with Crippen molar-refractivity contribution < 1.29 is 4.79 Å². The van der Waals surface area contributed by atoms with E-state index >= 15 is 0 Å². The molecule has 0 aromatic heterocycles. The van der Waals surface area contributed by atoms with Crippen LogP contribution in [0.1, 0.15) is 46.5 Å². The van der Waals surface area contributed by atoms with Crippen molar-refractivity contribution in [2.75, 3.05) is 11.5 Å². The normalized spacial score (nSPS) is 27.8. The van der Waals surface area contributed by atoms with Gasteiger partial charge in [0.2, 0.25) is 5.91 Å². The fourth-order valence-corrected chi connectivity index (χ4v) is 3.46. The Morgan fingerprint density at radius 3 is 2.76 bits per heavy atom. The lowest BCUT2D eigenvalue weighted by Crippen LogP contribution is -2.43. The van der Waals surface area contributed by atoms with E-state index in [1.165, 1.54) is 5.75 Å². The van der Waals surface area contributed by atoms with Crippen molar-refractivity contribution in [3.05, 3.63) is 0 Å². The zero-order chi connectivity index (χ0) is 12.5. The van der Waals surface area contributed by atoms with Crippen molar-refractivity contribution in [1.29, 1.82) is 0 Å². The first kappa shape index (κ1) is 13.2. The molecule has 0 aromatic rings. The minimum absolute atomic E-state index is 0.146. The van der Waals surface area contributed by atoms with Gasteiger partial charge in [0.05, 0.1) is 11.7 Å². The van der Waals surface area contributed by atoms with Crippen LogP contribution in [0.25, 0.3) is 0 Å². The van der Waals surface area contributed by atoms with Crippen molar-refractivity contribution in [3.63, 3.8) is 0 Å². The summed E-state index contributed by atoms with van der Waals surface area (Å²) in [6.45, 7) is 6.54. The quantitative estimate of drug-likeness (QED) is 0.740. The molecule has 1 heterocycles. The zero-order valence-corrected chi connectivity index (χ0v) is 12.0. The molecule has 3 nitrogen and oxygen atoms in total. The van der Waals surface area contributed by atoms with E-state index in [1.807, 2.05) is 11.8 Å². The molecule has 1 aliphatic heterocycles. The number of nitrogens with one attached hydrogen (secondary N) is 1. The van der Waals surface area contributed by atoms with Gasteiger partial charge in [0.15, 0.2) is 0 Å². The monoisotopic (exact) mass is 256 g/mol. The first-order chi connectivity index (χ1) is 8.14. The topological polar surface area (TPSA) is 32.3 Å². The summed E-state index contributed by atoms with van der Waals surface area (Å²) in [6.07, 6.45) is 4.47. The van der Waals surface area contributed by atoms with Gasteiger partial charge in [-0.3, -0.25) is 10.1 Å². The number of thioether (sulfide) groups is 1. The Labute approximate surface area is 109 Å². The van der Waals surface area contributed by atoms with E-state index in [1.54, 1.807) is 0 Å². The molecule has 0 aromatic carbocycles. The number of nitrogens with zero attached hydrogens (tertiary/aromatic N) is 1. The molecule has 0 radical (unpaired) electrons. The lowest BCUT2D eigenvalue weighted by Gasteiger charge is -2.29. The van der Waals surface area contributed by atoms with Gasteiger partial charge in [0.25, 0.3) is 0 Å². The molecule has 1 amide bonds. The molecule has 17 heavy (non-hydrogen) atoms. The molecule has 1 saturated heterocycles. The number of rotatable bonds is 6. The maximum Gasteiger partial charge on any atom is 0.244 e. The SMILES string of the molecule is CCSCCC(C)N1C(=O)C2(CC2)NC1CC. The first-order valence-corrected chi connectivity index (χ1v) is 7.98. The van der Waals surface area contributed by atoms with Gasteiger partial charge in [0, 0.05) is 6.04 Å². The molecule has 2 fully saturated rings. The van der Waals surface area contributed by atoms with Gasteiger partial charge in [-0.05, 0) is 44.1 Å². The molecule has 0 bridgehead atoms. The third-order valence-electron chi connectivity index (χ3n) is 3.92. The number of carbonyl (C=O) groups is 1. The summed E-state index contributed by atoms with van der Waals surface area (Å²) in [5, 5.41) is 3.53. The van der Waals surface area contributed by atoms with Gasteiger partial charge in [-0.1, -0.05) is 13.8 Å². The smallest absolute Gasteiger partial charge is 0.244 e. The Bertz CT molecular complexity index is 291. The largest absolute Gasteiger partial charge is 0.323 e. The van der Waals surface area contributed by atoms with E-state index in [0.717, 1.165) is 31.4 Å². The molecule has 2 unspecified atom stereocenters. The molecule has 4 heteroatoms. The van der Waals surface area contributed by atoms with Crippen LogP contribution in [0.4, 0.5) is 0 Å². The molecular weight excluding hydrogens is 232 g/mol. The van der Waals surface area contributed by atoms with Gasteiger partial charge < -0.3 is 4.90 Å². The van der Waals surface area contributed by atoms with Crippen molar-refractivity contribution in [3.8, 4) is 0 Å². The van der Waals surface area contributed by atoms with Crippen molar-refractivity contribution in [1.82, 2.24) is 10.2 Å². The molecule has 1 aliphatic carbocycles. The second-order valence-electron chi connectivity index (χ2n) is 5.20. The number of amides is 1. The number of carbonyl (C=O) groups excluding carboxylic acids is 1. The lowest BCUT2D eigenvalue weighted by atomic mass is 10.2. The van der Waals surface area contributed by atoms with Crippen LogP contribution < -0.4 is 5.32 Å². The van der Waals surface area contributed by atoms with Gasteiger partial charge in [-0.15, -0.1) is 0 Å². The van der Waals surface area contributed by atoms with Crippen LogP contribution in [0, 0.1) is 0 Å². The summed E-state index contributed by atoms with van der Waals surface area (Å²) in [5.41, 5.74) is -0.146. The van der Waals surface area contributed by atoms with Crippen LogP contribution in [0.5, 0.6) is 0 Å². The Hall–Kier alpha value is -0.220. The van der Waals surface area contributed by atoms with Crippen LogP contribution in [0.2, 0.25) is 0 Å². The summed E-state index contributed by atoms with van der Waals surface area (Å²) in [7, 11) is 0. The van der Waals surface area contributed by atoms with Gasteiger partial charge in [-0.25, -0.2) is 0 Å². The summed E-state index contributed by atoms with van der Waals surface area (Å²) in [4.78, 5) is 14.5. The third-order valence-corrected chi connectivity index (χ3v) is 4.85. The Morgan fingerprint density at radius 1 is 1.53 bits per heavy atom. The predicted octanol–water partition coefficient (Wildman–Crippen LogP) is 2.22. The molecule has 1 saturated carbocycles. The minimum atomic E-state index is -0.146. The van der Waals surface area contributed by atoms with E-state index in [-0.39, 0.29) is 11.7 Å². The fourth-order valence-electron chi connectivity index (χ4n) is 2.67. The van der Waals surface area contributed by atoms with E-state index in [0.29, 0.717) is 11.9 Å². The Morgan fingerprint density at radius 2 is 2.24 bits per heavy atom. The number of hydrogen-bond acceptors (Lipinski definition) is 3. The fraction of sp³-hybridized carbons (Fsp3) is 0.923. The molecule has 1 N–H and O–H groups in total. The second kappa shape index (κ2) is 5.19. The standard InChI is InChI=1S/C13H24N2OS/c1-4-11-14-13(7-8-13)12(16)15(11)10(3)6-9-17-5-2/h10-11,14H,4-9H2,1-3H3. The van der Waals surface area contributed by atoms with Crippen LogP contribution in [0.15, 0.2) is 0 Å². The van der Waals surface area contributed by atoms with E-state index in [2.05, 4.69) is 31.0 Å². The molecular formula is C13H24N2OS. The van der Waals surface area contributed by atoms with E-state index in [4.69, 9.17) is 0 Å². The average molecular weight is 256 g/mol. The second-order valence-corrected chi connectivity index (χ2v) is 6.59. The minimum Gasteiger partial charge on any atom is -0.323 e. The van der Waals surface area contributed by atoms with E-state index < -0.39 is 0 Å². The van der Waals surface area contributed by atoms with Crippen molar-refractivity contribution >= 4 is 17.7 Å². The summed E-state index contributed by atoms with van der Waals surface area (Å²) < 4.78 is 0. The maximum atomic E-state index is 12.4. The van der Waals surface area contributed by atoms with Gasteiger partial charge >= 0.3 is 0 Å². The van der Waals surface area contributed by atoms with Crippen LogP contribution in [-0.4, -0.2) is 40.1 Å². The predicted molar refractivity (Wildman–Crippen MR) is 73.1 cm³/mol. The number of hydrogen-bond donors (Lipinski definition) is 1. The maximum absolute atomic E-state index is 12.4. The van der Waals surface area contributed by atoms with Crippen LogP contribution in [-0.2, 0) is 4.79 Å². The Balaban J connectivity index is 1.95. The molecule has 1 spiro atoms. The summed E-state index contributed by atoms with van der Waals surface area (Å²) in [5.74, 6) is 2.68. The van der Waals surface area contributed by atoms with Gasteiger partial charge in [-0.2, -0.15) is 11.8 Å². The summed E-state index contributed by atoms with van der Waals surface area (Å²) in [6, 6.07) is 0.374. The highest BCUT2D eigenvalue weighted by Gasteiger charge is 2.59. The van der Waals surface area contributed by atoms with Crippen molar-refractivity contribution in [2.45, 2.75) is 64.2 Å². The lowest BCUT2D eigenvalue weighted by molar-refractivity contribution is -0.132. The van der Waals surface area contributed by atoms with Crippen LogP contribution in [0.3, 0.4) is 0 Å².